The lowest BCUT2D eigenvalue weighted by Crippen LogP contribution is -2.48. The van der Waals surface area contributed by atoms with Crippen LogP contribution in [0, 0.1) is 0 Å². The van der Waals surface area contributed by atoms with Gasteiger partial charge in [0.15, 0.2) is 11.5 Å². The van der Waals surface area contributed by atoms with E-state index >= 15 is 0 Å². The minimum Gasteiger partial charge on any atom is -0.496 e. The number of carbonyl (C=O) groups is 1. The van der Waals surface area contributed by atoms with Crippen LogP contribution in [0.1, 0.15) is 11.1 Å². The van der Waals surface area contributed by atoms with E-state index in [9.17, 15) is 4.79 Å². The highest BCUT2D eigenvalue weighted by atomic mass is 16.5. The topological polar surface area (TPSA) is 75.6 Å². The molecular weight excluding hydrogens is 396 g/mol. The summed E-state index contributed by atoms with van der Waals surface area (Å²) in [6.45, 7) is 4.85. The van der Waals surface area contributed by atoms with Crippen molar-refractivity contribution in [3.05, 3.63) is 53.6 Å². The molecule has 0 unspecified atom stereocenters. The van der Waals surface area contributed by atoms with Crippen LogP contribution >= 0.6 is 0 Å². The first-order valence-electron chi connectivity index (χ1n) is 10.2. The molecule has 0 saturated carbocycles. The van der Waals surface area contributed by atoms with Gasteiger partial charge >= 0.3 is 0 Å². The lowest BCUT2D eigenvalue weighted by atomic mass is 10.2. The van der Waals surface area contributed by atoms with Crippen molar-refractivity contribution in [3.63, 3.8) is 0 Å². The number of benzene rings is 2. The zero-order chi connectivity index (χ0) is 22.1. The molecule has 2 aromatic rings. The van der Waals surface area contributed by atoms with Crippen LogP contribution in [-0.2, 0) is 11.3 Å². The summed E-state index contributed by atoms with van der Waals surface area (Å²) in [5.41, 5.74) is 4.58. The molecule has 0 atom stereocenters. The molecule has 166 valence electrons. The molecule has 2 aromatic carbocycles. The molecule has 1 N–H and O–H groups in total. The summed E-state index contributed by atoms with van der Waals surface area (Å²) in [7, 11) is 4.69. The molecule has 1 aliphatic rings. The number of ether oxygens (including phenoxy) is 3. The van der Waals surface area contributed by atoms with Crippen molar-refractivity contribution >= 4 is 12.1 Å². The number of hydrogen-bond acceptors (Lipinski definition) is 7. The van der Waals surface area contributed by atoms with Gasteiger partial charge in [0.25, 0.3) is 5.91 Å². The number of hydrogen-bond donors (Lipinski definition) is 1. The van der Waals surface area contributed by atoms with Crippen molar-refractivity contribution in [2.45, 2.75) is 6.54 Å². The Hall–Kier alpha value is -3.10. The number of rotatable bonds is 9. The van der Waals surface area contributed by atoms with E-state index in [0.29, 0.717) is 29.4 Å². The molecule has 0 spiro atoms. The fraction of sp³-hybridized carbons (Fsp3) is 0.391. The van der Waals surface area contributed by atoms with Crippen LogP contribution < -0.4 is 19.6 Å². The Balaban J connectivity index is 1.47. The fourth-order valence-corrected chi connectivity index (χ4v) is 3.51. The van der Waals surface area contributed by atoms with Gasteiger partial charge in [-0.25, -0.2) is 5.43 Å². The third kappa shape index (κ3) is 6.44. The number of hydrazone groups is 1. The molecule has 1 heterocycles. The molecular formula is C23H30N4O4. The molecule has 0 aromatic heterocycles. The predicted octanol–water partition coefficient (Wildman–Crippen LogP) is 1.98. The van der Waals surface area contributed by atoms with E-state index in [1.165, 1.54) is 11.8 Å². The van der Waals surface area contributed by atoms with Crippen molar-refractivity contribution in [1.82, 2.24) is 15.2 Å². The summed E-state index contributed by atoms with van der Waals surface area (Å²) in [4.78, 5) is 16.8. The number of methoxy groups -OCH3 is 3. The molecule has 0 aliphatic carbocycles. The monoisotopic (exact) mass is 426 g/mol. The summed E-state index contributed by atoms with van der Waals surface area (Å²) in [6.07, 6.45) is 1.54. The number of carbonyl (C=O) groups excluding carboxylic acids is 1. The highest BCUT2D eigenvalue weighted by Gasteiger charge is 2.19. The van der Waals surface area contributed by atoms with Crippen LogP contribution in [0.2, 0.25) is 0 Å². The SMILES string of the molecule is COc1cc(OC)c(OC)cc1/C=N\NC(=O)CN1CCN(Cc2ccccc2)CC1. The van der Waals surface area contributed by atoms with Crippen LogP contribution in [0.25, 0.3) is 0 Å². The van der Waals surface area contributed by atoms with Gasteiger partial charge in [-0.05, 0) is 11.6 Å². The highest BCUT2D eigenvalue weighted by molar-refractivity contribution is 5.86. The van der Waals surface area contributed by atoms with Gasteiger partial charge in [0.05, 0.1) is 34.1 Å². The number of nitrogens with zero attached hydrogens (tertiary/aromatic N) is 3. The van der Waals surface area contributed by atoms with Crippen molar-refractivity contribution in [1.29, 1.82) is 0 Å². The summed E-state index contributed by atoms with van der Waals surface area (Å²) >= 11 is 0. The second-order valence-electron chi connectivity index (χ2n) is 7.28. The number of piperazine rings is 1. The number of amides is 1. The molecule has 8 nitrogen and oxygen atoms in total. The summed E-state index contributed by atoms with van der Waals surface area (Å²) in [5.74, 6) is 1.55. The average molecular weight is 427 g/mol. The van der Waals surface area contributed by atoms with Gasteiger partial charge in [-0.2, -0.15) is 5.10 Å². The first-order chi connectivity index (χ1) is 15.1. The summed E-state index contributed by atoms with van der Waals surface area (Å²) in [6, 6.07) is 13.9. The van der Waals surface area contributed by atoms with Crippen LogP contribution in [0.15, 0.2) is 47.6 Å². The van der Waals surface area contributed by atoms with Gasteiger partial charge in [-0.15, -0.1) is 0 Å². The maximum absolute atomic E-state index is 12.3. The smallest absolute Gasteiger partial charge is 0.254 e. The standard InChI is InChI=1S/C23H30N4O4/c1-29-20-14-22(31-3)21(30-2)13-19(20)15-24-25-23(28)17-27-11-9-26(10-12-27)16-18-7-5-4-6-8-18/h4-8,13-15H,9-12,16-17H2,1-3H3,(H,25,28)/b24-15-. The van der Waals surface area contributed by atoms with E-state index in [1.807, 2.05) is 6.07 Å². The van der Waals surface area contributed by atoms with Crippen molar-refractivity contribution in [3.8, 4) is 17.2 Å². The van der Waals surface area contributed by atoms with E-state index in [2.05, 4.69) is 44.6 Å². The highest BCUT2D eigenvalue weighted by Crippen LogP contribution is 2.33. The van der Waals surface area contributed by atoms with Crippen LogP contribution in [0.3, 0.4) is 0 Å². The lowest BCUT2D eigenvalue weighted by molar-refractivity contribution is -0.122. The molecule has 3 rings (SSSR count). The molecule has 0 radical (unpaired) electrons. The fourth-order valence-electron chi connectivity index (χ4n) is 3.51. The van der Waals surface area contributed by atoms with Crippen molar-refractivity contribution in [2.75, 3.05) is 54.1 Å². The predicted molar refractivity (Wildman–Crippen MR) is 120 cm³/mol. The Morgan fingerprint density at radius 1 is 0.935 bits per heavy atom. The second kappa shape index (κ2) is 11.3. The van der Waals surface area contributed by atoms with E-state index in [0.717, 1.165) is 32.7 Å². The third-order valence-electron chi connectivity index (χ3n) is 5.21. The second-order valence-corrected chi connectivity index (χ2v) is 7.28. The van der Waals surface area contributed by atoms with Crippen molar-refractivity contribution < 1.29 is 19.0 Å². The Kier molecular flexibility index (Phi) is 8.26. The van der Waals surface area contributed by atoms with E-state index < -0.39 is 0 Å². The molecule has 0 bridgehead atoms. The Bertz CT molecular complexity index is 881. The van der Waals surface area contributed by atoms with Crippen molar-refractivity contribution in [2.24, 2.45) is 5.10 Å². The van der Waals surface area contributed by atoms with Gasteiger partial charge in [-0.3, -0.25) is 14.6 Å². The molecule has 1 aliphatic heterocycles. The molecule has 31 heavy (non-hydrogen) atoms. The largest absolute Gasteiger partial charge is 0.496 e. The average Bonchev–Trinajstić information content (AvgIpc) is 2.80. The molecule has 1 amide bonds. The zero-order valence-electron chi connectivity index (χ0n) is 18.3. The van der Waals surface area contributed by atoms with E-state index in [1.54, 1.807) is 33.5 Å². The van der Waals surface area contributed by atoms with Gasteiger partial charge < -0.3 is 14.2 Å². The van der Waals surface area contributed by atoms with Gasteiger partial charge in [0, 0.05) is 44.4 Å². The Morgan fingerprint density at radius 3 is 2.19 bits per heavy atom. The minimum absolute atomic E-state index is 0.146. The first-order valence-corrected chi connectivity index (χ1v) is 10.2. The number of nitrogens with one attached hydrogen (secondary N) is 1. The zero-order valence-corrected chi connectivity index (χ0v) is 18.3. The summed E-state index contributed by atoms with van der Waals surface area (Å²) < 4.78 is 16.0. The minimum atomic E-state index is -0.146. The quantitative estimate of drug-likeness (QED) is 0.488. The van der Waals surface area contributed by atoms with E-state index in [-0.39, 0.29) is 5.91 Å². The Labute approximate surface area is 183 Å². The lowest BCUT2D eigenvalue weighted by Gasteiger charge is -2.34. The Morgan fingerprint density at radius 2 is 1.55 bits per heavy atom. The van der Waals surface area contributed by atoms with E-state index in [4.69, 9.17) is 14.2 Å². The maximum atomic E-state index is 12.3. The maximum Gasteiger partial charge on any atom is 0.254 e. The van der Waals surface area contributed by atoms with Gasteiger partial charge in [-0.1, -0.05) is 30.3 Å². The van der Waals surface area contributed by atoms with Gasteiger partial charge in [0.2, 0.25) is 0 Å². The van der Waals surface area contributed by atoms with Crippen LogP contribution in [0.4, 0.5) is 0 Å². The van der Waals surface area contributed by atoms with Crippen LogP contribution in [-0.4, -0.2) is 76.0 Å². The first kappa shape index (κ1) is 22.6. The third-order valence-corrected chi connectivity index (χ3v) is 5.21. The molecule has 1 saturated heterocycles. The molecule has 1 fully saturated rings. The molecule has 8 heteroatoms. The van der Waals surface area contributed by atoms with Gasteiger partial charge in [0.1, 0.15) is 5.75 Å². The summed E-state index contributed by atoms with van der Waals surface area (Å²) in [5, 5.41) is 4.08. The normalized spacial score (nSPS) is 15.1. The van der Waals surface area contributed by atoms with Crippen LogP contribution in [0.5, 0.6) is 17.2 Å².